The van der Waals surface area contributed by atoms with E-state index in [1.54, 1.807) is 0 Å². The lowest BCUT2D eigenvalue weighted by Gasteiger charge is -2.34. The Bertz CT molecular complexity index is 637. The summed E-state index contributed by atoms with van der Waals surface area (Å²) in [5.41, 5.74) is 0.980. The fourth-order valence-electron chi connectivity index (χ4n) is 3.05. The summed E-state index contributed by atoms with van der Waals surface area (Å²) in [6.07, 6.45) is 2.34. The summed E-state index contributed by atoms with van der Waals surface area (Å²) in [5.74, 6) is 0.270. The number of imide groups is 1. The summed E-state index contributed by atoms with van der Waals surface area (Å²) < 4.78 is 0. The minimum absolute atomic E-state index is 0.265. The Labute approximate surface area is 153 Å². The van der Waals surface area contributed by atoms with Gasteiger partial charge in [-0.3, -0.25) is 19.8 Å². The van der Waals surface area contributed by atoms with Gasteiger partial charge in [0.05, 0.1) is 0 Å². The second-order valence-corrected chi connectivity index (χ2v) is 6.91. The largest absolute Gasteiger partial charge is 0.340 e. The Hall–Kier alpha value is -2.41. The van der Waals surface area contributed by atoms with Crippen molar-refractivity contribution >= 4 is 17.8 Å². The second-order valence-electron chi connectivity index (χ2n) is 6.91. The van der Waals surface area contributed by atoms with E-state index in [2.05, 4.69) is 15.5 Å². The smallest absolute Gasteiger partial charge is 0.321 e. The molecular formula is C19H26N4O3. The van der Waals surface area contributed by atoms with Crippen LogP contribution in [0.5, 0.6) is 0 Å². The number of amides is 4. The maximum absolute atomic E-state index is 12.0. The molecule has 1 heterocycles. The summed E-state index contributed by atoms with van der Waals surface area (Å²) in [5, 5.41) is 5.03. The lowest BCUT2D eigenvalue weighted by Crippen LogP contribution is -2.50. The second kappa shape index (κ2) is 8.80. The molecule has 7 nitrogen and oxygen atoms in total. The van der Waals surface area contributed by atoms with Crippen molar-refractivity contribution in [3.63, 3.8) is 0 Å². The van der Waals surface area contributed by atoms with Crippen LogP contribution in [0.3, 0.4) is 0 Å². The van der Waals surface area contributed by atoms with Crippen molar-refractivity contribution in [1.29, 1.82) is 0 Å². The lowest BCUT2D eigenvalue weighted by atomic mass is 10.2. The van der Waals surface area contributed by atoms with Crippen LogP contribution in [-0.4, -0.2) is 60.4 Å². The van der Waals surface area contributed by atoms with Crippen molar-refractivity contribution in [2.75, 3.05) is 32.7 Å². The highest BCUT2D eigenvalue weighted by molar-refractivity contribution is 5.94. The number of benzene rings is 1. The third kappa shape index (κ3) is 5.56. The molecule has 140 valence electrons. The molecule has 1 saturated heterocycles. The van der Waals surface area contributed by atoms with E-state index >= 15 is 0 Å². The molecule has 3 rings (SSSR count). The van der Waals surface area contributed by atoms with Gasteiger partial charge in [0, 0.05) is 51.6 Å². The zero-order valence-corrected chi connectivity index (χ0v) is 14.9. The van der Waals surface area contributed by atoms with Gasteiger partial charge in [-0.1, -0.05) is 30.3 Å². The van der Waals surface area contributed by atoms with Gasteiger partial charge in [-0.05, 0) is 18.4 Å². The Morgan fingerprint density at radius 2 is 1.69 bits per heavy atom. The van der Waals surface area contributed by atoms with Crippen LogP contribution in [0, 0.1) is 5.92 Å². The average Bonchev–Trinajstić information content (AvgIpc) is 3.51. The molecule has 2 aliphatic rings. The number of nitrogens with one attached hydrogen (secondary N) is 2. The minimum Gasteiger partial charge on any atom is -0.340 e. The third-order valence-electron chi connectivity index (χ3n) is 4.81. The number of rotatable bonds is 6. The molecule has 26 heavy (non-hydrogen) atoms. The zero-order valence-electron chi connectivity index (χ0n) is 14.9. The number of carbonyl (C=O) groups excluding carboxylic acids is 3. The fourth-order valence-corrected chi connectivity index (χ4v) is 3.05. The molecule has 0 unspecified atom stereocenters. The summed E-state index contributed by atoms with van der Waals surface area (Å²) in [4.78, 5) is 39.8. The number of piperazine rings is 1. The minimum atomic E-state index is -0.473. The molecule has 1 aromatic rings. The van der Waals surface area contributed by atoms with Gasteiger partial charge in [0.2, 0.25) is 11.8 Å². The van der Waals surface area contributed by atoms with Crippen LogP contribution in [0.1, 0.15) is 24.8 Å². The molecule has 2 fully saturated rings. The molecule has 7 heteroatoms. The van der Waals surface area contributed by atoms with E-state index in [1.807, 2.05) is 35.2 Å². The van der Waals surface area contributed by atoms with Crippen LogP contribution in [0.4, 0.5) is 4.79 Å². The van der Waals surface area contributed by atoms with Gasteiger partial charge >= 0.3 is 6.03 Å². The molecule has 1 saturated carbocycles. The molecule has 1 aliphatic heterocycles. The number of urea groups is 1. The van der Waals surface area contributed by atoms with Crippen LogP contribution < -0.4 is 10.6 Å². The highest BCUT2D eigenvalue weighted by Crippen LogP contribution is 2.31. The number of carbonyl (C=O) groups is 3. The van der Waals surface area contributed by atoms with E-state index in [9.17, 15) is 14.4 Å². The highest BCUT2D eigenvalue weighted by Gasteiger charge is 2.34. The maximum atomic E-state index is 12.0. The summed E-state index contributed by atoms with van der Waals surface area (Å²) in [6.45, 7) is 4.01. The fraction of sp³-hybridized carbons (Fsp3) is 0.526. The standard InChI is InChI=1S/C19H26N4O3/c24-17(21-19(26)20-14-15-4-2-1-3-5-15)8-9-22-10-12-23(13-11-22)18(25)16-6-7-16/h1-5,16H,6-14H2,(H2,20,21,24,26). The normalized spacial score (nSPS) is 17.6. The monoisotopic (exact) mass is 358 g/mol. The molecule has 4 amide bonds. The van der Waals surface area contributed by atoms with Crippen molar-refractivity contribution in [3.8, 4) is 0 Å². The van der Waals surface area contributed by atoms with E-state index in [4.69, 9.17) is 0 Å². The van der Waals surface area contributed by atoms with Crippen LogP contribution in [0.25, 0.3) is 0 Å². The lowest BCUT2D eigenvalue weighted by molar-refractivity contribution is -0.134. The number of hydrogen-bond donors (Lipinski definition) is 2. The average molecular weight is 358 g/mol. The molecule has 1 aliphatic carbocycles. The number of nitrogens with zero attached hydrogens (tertiary/aromatic N) is 2. The van der Waals surface area contributed by atoms with E-state index in [1.165, 1.54) is 0 Å². The first kappa shape index (κ1) is 18.4. The van der Waals surface area contributed by atoms with Gasteiger partial charge < -0.3 is 10.2 Å². The Kier molecular flexibility index (Phi) is 6.22. The van der Waals surface area contributed by atoms with E-state index in [0.717, 1.165) is 44.6 Å². The van der Waals surface area contributed by atoms with Crippen molar-refractivity contribution in [3.05, 3.63) is 35.9 Å². The molecular weight excluding hydrogens is 332 g/mol. The topological polar surface area (TPSA) is 81.8 Å². The predicted molar refractivity (Wildman–Crippen MR) is 97.2 cm³/mol. The summed E-state index contributed by atoms with van der Waals surface area (Å²) >= 11 is 0. The van der Waals surface area contributed by atoms with Gasteiger partial charge in [-0.25, -0.2) is 4.79 Å². The first-order valence-electron chi connectivity index (χ1n) is 9.24. The molecule has 0 spiro atoms. The predicted octanol–water partition coefficient (Wildman–Crippen LogP) is 0.957. The molecule has 0 atom stereocenters. The molecule has 2 N–H and O–H groups in total. The van der Waals surface area contributed by atoms with Crippen LogP contribution >= 0.6 is 0 Å². The van der Waals surface area contributed by atoms with E-state index < -0.39 is 6.03 Å². The van der Waals surface area contributed by atoms with E-state index in [-0.39, 0.29) is 24.2 Å². The van der Waals surface area contributed by atoms with Gasteiger partial charge in [-0.2, -0.15) is 0 Å². The molecule has 1 aromatic carbocycles. The third-order valence-corrected chi connectivity index (χ3v) is 4.81. The Morgan fingerprint density at radius 3 is 2.35 bits per heavy atom. The molecule has 0 aromatic heterocycles. The van der Waals surface area contributed by atoms with Crippen molar-refractivity contribution in [2.24, 2.45) is 5.92 Å². The SMILES string of the molecule is O=C(CCN1CCN(C(=O)C2CC2)CC1)NC(=O)NCc1ccccc1. The number of hydrogen-bond acceptors (Lipinski definition) is 4. The van der Waals surface area contributed by atoms with Crippen molar-refractivity contribution < 1.29 is 14.4 Å². The Morgan fingerprint density at radius 1 is 1.00 bits per heavy atom. The summed E-state index contributed by atoms with van der Waals surface area (Å²) in [7, 11) is 0. The Balaban J connectivity index is 1.29. The van der Waals surface area contributed by atoms with Gasteiger partial charge in [0.1, 0.15) is 0 Å². The van der Waals surface area contributed by atoms with Crippen LogP contribution in [-0.2, 0) is 16.1 Å². The van der Waals surface area contributed by atoms with Crippen molar-refractivity contribution in [1.82, 2.24) is 20.4 Å². The van der Waals surface area contributed by atoms with Gasteiger partial charge in [0.15, 0.2) is 0 Å². The van der Waals surface area contributed by atoms with Crippen molar-refractivity contribution in [2.45, 2.75) is 25.8 Å². The zero-order chi connectivity index (χ0) is 18.4. The molecule has 0 bridgehead atoms. The van der Waals surface area contributed by atoms with Gasteiger partial charge in [-0.15, -0.1) is 0 Å². The maximum Gasteiger partial charge on any atom is 0.321 e. The quantitative estimate of drug-likeness (QED) is 0.794. The van der Waals surface area contributed by atoms with Crippen LogP contribution in [0.15, 0.2) is 30.3 Å². The first-order chi connectivity index (χ1) is 12.6. The summed E-state index contributed by atoms with van der Waals surface area (Å²) in [6, 6.07) is 9.06. The van der Waals surface area contributed by atoms with E-state index in [0.29, 0.717) is 13.1 Å². The molecule has 0 radical (unpaired) electrons. The highest BCUT2D eigenvalue weighted by atomic mass is 16.2. The van der Waals surface area contributed by atoms with Crippen LogP contribution in [0.2, 0.25) is 0 Å². The first-order valence-corrected chi connectivity index (χ1v) is 9.24. The van der Waals surface area contributed by atoms with Gasteiger partial charge in [0.25, 0.3) is 0 Å².